The van der Waals surface area contributed by atoms with Crippen LogP contribution >= 0.6 is 15.9 Å². The Morgan fingerprint density at radius 3 is 2.53 bits per heavy atom. The predicted molar refractivity (Wildman–Crippen MR) is 65.0 cm³/mol. The van der Waals surface area contributed by atoms with Gasteiger partial charge < -0.3 is 0 Å². The van der Waals surface area contributed by atoms with Gasteiger partial charge >= 0.3 is 0 Å². The number of rotatable bonds is 2. The molecule has 0 bridgehead atoms. The van der Waals surface area contributed by atoms with E-state index in [1.165, 1.54) is 0 Å². The number of hydrogen-bond acceptors (Lipinski definition) is 1. The van der Waals surface area contributed by atoms with Crippen molar-refractivity contribution in [1.82, 2.24) is 0 Å². The van der Waals surface area contributed by atoms with Crippen molar-refractivity contribution < 1.29 is 4.79 Å². The van der Waals surface area contributed by atoms with Gasteiger partial charge in [0.2, 0.25) is 0 Å². The predicted octanol–water partition coefficient (Wildman–Crippen LogP) is 3.93. The molecule has 0 aliphatic rings. The van der Waals surface area contributed by atoms with Crippen molar-refractivity contribution in [2.45, 2.75) is 0 Å². The Hall–Kier alpha value is -1.41. The van der Waals surface area contributed by atoms with Crippen LogP contribution in [-0.2, 0) is 0 Å². The van der Waals surface area contributed by atoms with Crippen LogP contribution in [-0.4, -0.2) is 6.29 Å². The summed E-state index contributed by atoms with van der Waals surface area (Å²) in [5.41, 5.74) is 2.84. The zero-order valence-corrected chi connectivity index (χ0v) is 9.57. The Labute approximate surface area is 96.9 Å². The van der Waals surface area contributed by atoms with Gasteiger partial charge in [-0.15, -0.1) is 0 Å². The van der Waals surface area contributed by atoms with Crippen molar-refractivity contribution in [3.8, 4) is 11.1 Å². The fraction of sp³-hybridized carbons (Fsp3) is 0. The van der Waals surface area contributed by atoms with Crippen LogP contribution in [0.15, 0.2) is 53.0 Å². The number of halogens is 1. The van der Waals surface area contributed by atoms with Gasteiger partial charge in [-0.05, 0) is 23.3 Å². The first-order valence-electron chi connectivity index (χ1n) is 4.61. The Bertz CT molecular complexity index is 491. The molecule has 1 nitrogen and oxygen atoms in total. The van der Waals surface area contributed by atoms with Gasteiger partial charge in [0.25, 0.3) is 0 Å². The van der Waals surface area contributed by atoms with E-state index >= 15 is 0 Å². The molecule has 2 heteroatoms. The molecule has 0 spiro atoms. The Kier molecular flexibility index (Phi) is 2.97. The van der Waals surface area contributed by atoms with Gasteiger partial charge in [-0.1, -0.05) is 52.3 Å². The number of carbonyl (C=O) groups is 1. The maximum Gasteiger partial charge on any atom is 0.150 e. The molecule has 0 heterocycles. The third-order valence-electron chi connectivity index (χ3n) is 2.21. The number of aldehydes is 1. The zero-order valence-electron chi connectivity index (χ0n) is 7.98. The average Bonchev–Trinajstić information content (AvgIpc) is 2.30. The highest BCUT2D eigenvalue weighted by molar-refractivity contribution is 9.10. The maximum atomic E-state index is 10.7. The summed E-state index contributed by atoms with van der Waals surface area (Å²) >= 11 is 3.49. The summed E-state index contributed by atoms with van der Waals surface area (Å²) in [5, 5.41) is 0. The van der Waals surface area contributed by atoms with Crippen LogP contribution in [0.1, 0.15) is 10.4 Å². The minimum atomic E-state index is 0.697. The SMILES string of the molecule is O=Cc1cccc(-c2ccccc2Br)c1. The van der Waals surface area contributed by atoms with E-state index in [1.54, 1.807) is 6.07 Å². The van der Waals surface area contributed by atoms with E-state index in [1.807, 2.05) is 42.5 Å². The second-order valence-electron chi connectivity index (χ2n) is 3.22. The monoisotopic (exact) mass is 260 g/mol. The van der Waals surface area contributed by atoms with Crippen LogP contribution in [0.4, 0.5) is 0 Å². The molecule has 0 aliphatic carbocycles. The molecule has 0 saturated heterocycles. The molecular formula is C13H9BrO. The summed E-state index contributed by atoms with van der Waals surface area (Å²) in [6, 6.07) is 15.5. The maximum absolute atomic E-state index is 10.7. The van der Waals surface area contributed by atoms with Gasteiger partial charge in [-0.3, -0.25) is 4.79 Å². The minimum Gasteiger partial charge on any atom is -0.298 e. The van der Waals surface area contributed by atoms with Crippen molar-refractivity contribution >= 4 is 22.2 Å². The standard InChI is InChI=1S/C13H9BrO/c14-13-7-2-1-6-12(13)11-5-3-4-10(8-11)9-15/h1-9H. The summed E-state index contributed by atoms with van der Waals surface area (Å²) in [7, 11) is 0. The first kappa shape index (κ1) is 10.1. The van der Waals surface area contributed by atoms with E-state index in [9.17, 15) is 4.79 Å². The van der Waals surface area contributed by atoms with Gasteiger partial charge in [-0.2, -0.15) is 0 Å². The molecular weight excluding hydrogens is 252 g/mol. The van der Waals surface area contributed by atoms with Crippen LogP contribution in [0.5, 0.6) is 0 Å². The van der Waals surface area contributed by atoms with Gasteiger partial charge in [0, 0.05) is 10.0 Å². The van der Waals surface area contributed by atoms with Crippen molar-refractivity contribution in [1.29, 1.82) is 0 Å². The molecule has 0 fully saturated rings. The Morgan fingerprint density at radius 1 is 1.00 bits per heavy atom. The van der Waals surface area contributed by atoms with Crippen LogP contribution in [0.2, 0.25) is 0 Å². The molecule has 0 aromatic heterocycles. The molecule has 0 atom stereocenters. The molecule has 2 rings (SSSR count). The largest absolute Gasteiger partial charge is 0.298 e. The topological polar surface area (TPSA) is 17.1 Å². The second-order valence-corrected chi connectivity index (χ2v) is 4.08. The summed E-state index contributed by atoms with van der Waals surface area (Å²) in [6.07, 6.45) is 0.861. The number of carbonyl (C=O) groups excluding carboxylic acids is 1. The highest BCUT2D eigenvalue weighted by atomic mass is 79.9. The number of benzene rings is 2. The van der Waals surface area contributed by atoms with Crippen molar-refractivity contribution in [2.75, 3.05) is 0 Å². The summed E-state index contributed by atoms with van der Waals surface area (Å²) in [5.74, 6) is 0. The zero-order chi connectivity index (χ0) is 10.7. The third kappa shape index (κ3) is 2.16. The Balaban J connectivity index is 2.54. The molecule has 0 N–H and O–H groups in total. The van der Waals surface area contributed by atoms with Gasteiger partial charge in [0.05, 0.1) is 0 Å². The first-order chi connectivity index (χ1) is 7.31. The second kappa shape index (κ2) is 4.41. The molecule has 0 aliphatic heterocycles. The minimum absolute atomic E-state index is 0.697. The fourth-order valence-electron chi connectivity index (χ4n) is 1.47. The lowest BCUT2D eigenvalue weighted by Crippen LogP contribution is -1.83. The van der Waals surface area contributed by atoms with Crippen LogP contribution in [0, 0.1) is 0 Å². The quantitative estimate of drug-likeness (QED) is 0.748. The third-order valence-corrected chi connectivity index (χ3v) is 2.90. The normalized spacial score (nSPS) is 9.93. The van der Waals surface area contributed by atoms with E-state index in [-0.39, 0.29) is 0 Å². The molecule has 74 valence electrons. The van der Waals surface area contributed by atoms with E-state index in [0.717, 1.165) is 21.9 Å². The highest BCUT2D eigenvalue weighted by Crippen LogP contribution is 2.27. The van der Waals surface area contributed by atoms with E-state index < -0.39 is 0 Å². The van der Waals surface area contributed by atoms with Crippen molar-refractivity contribution in [3.05, 3.63) is 58.6 Å². The summed E-state index contributed by atoms with van der Waals surface area (Å²) in [4.78, 5) is 10.7. The summed E-state index contributed by atoms with van der Waals surface area (Å²) < 4.78 is 1.04. The van der Waals surface area contributed by atoms with Gasteiger partial charge in [0.1, 0.15) is 6.29 Å². The molecule has 0 unspecified atom stereocenters. The highest BCUT2D eigenvalue weighted by Gasteiger charge is 2.02. The van der Waals surface area contributed by atoms with E-state index in [4.69, 9.17) is 0 Å². The van der Waals surface area contributed by atoms with Crippen LogP contribution < -0.4 is 0 Å². The van der Waals surface area contributed by atoms with E-state index in [0.29, 0.717) is 5.56 Å². The van der Waals surface area contributed by atoms with Crippen molar-refractivity contribution in [2.24, 2.45) is 0 Å². The molecule has 2 aromatic rings. The van der Waals surface area contributed by atoms with Gasteiger partial charge in [0.15, 0.2) is 0 Å². The van der Waals surface area contributed by atoms with Crippen LogP contribution in [0.3, 0.4) is 0 Å². The molecule has 15 heavy (non-hydrogen) atoms. The fourth-order valence-corrected chi connectivity index (χ4v) is 1.99. The lowest BCUT2D eigenvalue weighted by molar-refractivity contribution is 0.112. The molecule has 0 saturated carbocycles. The first-order valence-corrected chi connectivity index (χ1v) is 5.41. The summed E-state index contributed by atoms with van der Waals surface area (Å²) in [6.45, 7) is 0. The lowest BCUT2D eigenvalue weighted by atomic mass is 10.0. The molecule has 0 amide bonds. The van der Waals surface area contributed by atoms with E-state index in [2.05, 4.69) is 15.9 Å². The molecule has 0 radical (unpaired) electrons. The van der Waals surface area contributed by atoms with Gasteiger partial charge in [-0.25, -0.2) is 0 Å². The van der Waals surface area contributed by atoms with Crippen molar-refractivity contribution in [3.63, 3.8) is 0 Å². The van der Waals surface area contributed by atoms with Crippen LogP contribution in [0.25, 0.3) is 11.1 Å². The smallest absolute Gasteiger partial charge is 0.150 e. The Morgan fingerprint density at radius 2 is 1.80 bits per heavy atom. The number of hydrogen-bond donors (Lipinski definition) is 0. The lowest BCUT2D eigenvalue weighted by Gasteiger charge is -2.04. The average molecular weight is 261 g/mol. The molecule has 2 aromatic carbocycles.